The lowest BCUT2D eigenvalue weighted by molar-refractivity contribution is -0.129. The molecule has 3 heterocycles. The first-order valence-corrected chi connectivity index (χ1v) is 7.93. The summed E-state index contributed by atoms with van der Waals surface area (Å²) in [6, 6.07) is 8.72. The summed E-state index contributed by atoms with van der Waals surface area (Å²) >= 11 is 0. The third-order valence-corrected chi connectivity index (χ3v) is 4.74. The van der Waals surface area contributed by atoms with Crippen LogP contribution < -0.4 is 0 Å². The highest BCUT2D eigenvalue weighted by Gasteiger charge is 2.18. The van der Waals surface area contributed by atoms with Gasteiger partial charge in [0.25, 0.3) is 0 Å². The van der Waals surface area contributed by atoms with Gasteiger partial charge in [-0.25, -0.2) is 4.98 Å². The number of benzene rings is 1. The number of carbonyl (C=O) groups is 1. The van der Waals surface area contributed by atoms with E-state index in [0.717, 1.165) is 30.7 Å². The van der Waals surface area contributed by atoms with Crippen LogP contribution in [0.4, 0.5) is 0 Å². The van der Waals surface area contributed by atoms with Crippen molar-refractivity contribution in [2.75, 3.05) is 6.54 Å². The van der Waals surface area contributed by atoms with E-state index in [1.165, 1.54) is 27.6 Å². The van der Waals surface area contributed by atoms with Gasteiger partial charge in [-0.1, -0.05) is 18.2 Å². The highest BCUT2D eigenvalue weighted by molar-refractivity contribution is 5.84. The van der Waals surface area contributed by atoms with Gasteiger partial charge in [-0.3, -0.25) is 4.79 Å². The van der Waals surface area contributed by atoms with Gasteiger partial charge in [-0.2, -0.15) is 0 Å². The van der Waals surface area contributed by atoms with Crippen LogP contribution in [0.1, 0.15) is 23.6 Å². The topological polar surface area (TPSA) is 49.0 Å². The molecule has 3 aromatic rings. The first-order chi connectivity index (χ1) is 11.1. The highest BCUT2D eigenvalue weighted by atomic mass is 16.2. The number of amides is 1. The molecule has 23 heavy (non-hydrogen) atoms. The lowest BCUT2D eigenvalue weighted by atomic mass is 9.95. The van der Waals surface area contributed by atoms with Crippen molar-refractivity contribution in [3.05, 3.63) is 53.3 Å². The number of nitrogens with zero attached hydrogens (tertiary/aromatic N) is 2. The van der Waals surface area contributed by atoms with Crippen LogP contribution >= 0.6 is 0 Å². The number of aromatic nitrogens is 2. The van der Waals surface area contributed by atoms with E-state index in [4.69, 9.17) is 0 Å². The van der Waals surface area contributed by atoms with Crippen molar-refractivity contribution in [1.29, 1.82) is 0 Å². The van der Waals surface area contributed by atoms with Gasteiger partial charge in [-0.05, 0) is 41.7 Å². The van der Waals surface area contributed by atoms with E-state index in [1.54, 1.807) is 6.92 Å². The second kappa shape index (κ2) is 5.23. The Morgan fingerprint density at radius 3 is 2.91 bits per heavy atom. The summed E-state index contributed by atoms with van der Waals surface area (Å²) < 4.78 is 0. The molecule has 1 aromatic carbocycles. The zero-order valence-electron chi connectivity index (χ0n) is 13.4. The fraction of sp³-hybridized carbons (Fsp3) is 0.263. The van der Waals surface area contributed by atoms with Gasteiger partial charge < -0.3 is 9.88 Å². The highest BCUT2D eigenvalue weighted by Crippen LogP contribution is 2.28. The third kappa shape index (κ3) is 2.40. The van der Waals surface area contributed by atoms with Crippen molar-refractivity contribution in [2.24, 2.45) is 0 Å². The molecule has 0 saturated heterocycles. The Morgan fingerprint density at radius 1 is 1.22 bits per heavy atom. The summed E-state index contributed by atoms with van der Waals surface area (Å²) in [5.41, 5.74) is 7.06. The van der Waals surface area contributed by atoms with Crippen molar-refractivity contribution < 1.29 is 4.79 Å². The molecule has 1 N–H and O–H groups in total. The van der Waals surface area contributed by atoms with E-state index in [-0.39, 0.29) is 5.91 Å². The van der Waals surface area contributed by atoms with Crippen molar-refractivity contribution in [3.8, 4) is 11.1 Å². The van der Waals surface area contributed by atoms with Crippen LogP contribution in [0, 0.1) is 6.92 Å². The average molecular weight is 305 g/mol. The van der Waals surface area contributed by atoms with Crippen LogP contribution in [0.5, 0.6) is 0 Å². The predicted octanol–water partition coefficient (Wildman–Crippen LogP) is 3.44. The number of aromatic amines is 1. The SMILES string of the molecule is CC(=O)N1CCc2cc(-c3cnc4[nH]cc(C)c4c3)ccc2C1. The van der Waals surface area contributed by atoms with Crippen molar-refractivity contribution in [2.45, 2.75) is 26.8 Å². The normalized spacial score (nSPS) is 14.1. The maximum absolute atomic E-state index is 11.5. The summed E-state index contributed by atoms with van der Waals surface area (Å²) in [5.74, 6) is 0.150. The van der Waals surface area contributed by atoms with Gasteiger partial charge in [0.1, 0.15) is 5.65 Å². The second-order valence-corrected chi connectivity index (χ2v) is 6.27. The minimum absolute atomic E-state index is 0.150. The van der Waals surface area contributed by atoms with E-state index >= 15 is 0 Å². The summed E-state index contributed by atoms with van der Waals surface area (Å²) in [5, 5.41) is 1.17. The summed E-state index contributed by atoms with van der Waals surface area (Å²) in [7, 11) is 0. The molecule has 4 heteroatoms. The Bertz CT molecular complexity index is 910. The number of rotatable bonds is 1. The average Bonchev–Trinajstić information content (AvgIpc) is 2.94. The van der Waals surface area contributed by atoms with Gasteiger partial charge in [0.05, 0.1) is 0 Å². The lowest BCUT2D eigenvalue weighted by Gasteiger charge is -2.28. The molecule has 0 bridgehead atoms. The van der Waals surface area contributed by atoms with E-state index in [9.17, 15) is 4.79 Å². The van der Waals surface area contributed by atoms with Crippen LogP contribution in [0.25, 0.3) is 22.2 Å². The Balaban J connectivity index is 1.72. The zero-order chi connectivity index (χ0) is 16.0. The third-order valence-electron chi connectivity index (χ3n) is 4.74. The van der Waals surface area contributed by atoms with E-state index in [1.807, 2.05) is 17.3 Å². The number of fused-ring (bicyclic) bond motifs is 2. The summed E-state index contributed by atoms with van der Waals surface area (Å²) in [6.07, 6.45) is 4.83. The number of pyridine rings is 1. The molecule has 0 atom stereocenters. The van der Waals surface area contributed by atoms with Crippen molar-refractivity contribution >= 4 is 16.9 Å². The van der Waals surface area contributed by atoms with E-state index in [2.05, 4.69) is 41.2 Å². The Labute approximate surface area is 135 Å². The molecule has 0 radical (unpaired) electrons. The van der Waals surface area contributed by atoms with Gasteiger partial charge in [0.15, 0.2) is 0 Å². The molecular formula is C19H19N3O. The molecule has 4 nitrogen and oxygen atoms in total. The van der Waals surface area contributed by atoms with Crippen molar-refractivity contribution in [3.63, 3.8) is 0 Å². The Morgan fingerprint density at radius 2 is 2.09 bits per heavy atom. The van der Waals surface area contributed by atoms with Crippen LogP contribution in [0.15, 0.2) is 36.7 Å². The fourth-order valence-electron chi connectivity index (χ4n) is 3.29. The molecule has 1 amide bonds. The van der Waals surface area contributed by atoms with E-state index < -0.39 is 0 Å². The number of H-pyrrole nitrogens is 1. The summed E-state index contributed by atoms with van der Waals surface area (Å²) in [6.45, 7) is 5.26. The number of hydrogen-bond donors (Lipinski definition) is 1. The molecule has 1 aliphatic heterocycles. The number of hydrogen-bond acceptors (Lipinski definition) is 2. The zero-order valence-corrected chi connectivity index (χ0v) is 13.4. The molecule has 0 fully saturated rings. The maximum atomic E-state index is 11.5. The first-order valence-electron chi connectivity index (χ1n) is 7.93. The standard InChI is InChI=1S/C19H19N3O/c1-12-9-20-19-18(12)8-17(10-21-19)14-3-4-16-11-22(13(2)23)6-5-15(16)7-14/h3-4,7-10H,5-6,11H2,1-2H3,(H,20,21). The Hall–Kier alpha value is -2.62. The van der Waals surface area contributed by atoms with Gasteiger partial charge in [-0.15, -0.1) is 0 Å². The summed E-state index contributed by atoms with van der Waals surface area (Å²) in [4.78, 5) is 21.1. The van der Waals surface area contributed by atoms with Gasteiger partial charge in [0, 0.05) is 43.4 Å². The number of nitrogens with one attached hydrogen (secondary N) is 1. The quantitative estimate of drug-likeness (QED) is 0.748. The lowest BCUT2D eigenvalue weighted by Crippen LogP contribution is -2.34. The molecule has 4 rings (SSSR count). The van der Waals surface area contributed by atoms with Crippen LogP contribution in [0.2, 0.25) is 0 Å². The first kappa shape index (κ1) is 14.0. The monoisotopic (exact) mass is 305 g/mol. The number of aryl methyl sites for hydroxylation is 1. The Kier molecular flexibility index (Phi) is 3.18. The maximum Gasteiger partial charge on any atom is 0.219 e. The van der Waals surface area contributed by atoms with Crippen LogP contribution in [-0.2, 0) is 17.8 Å². The predicted molar refractivity (Wildman–Crippen MR) is 91.1 cm³/mol. The molecule has 0 aliphatic carbocycles. The van der Waals surface area contributed by atoms with E-state index in [0.29, 0.717) is 0 Å². The number of carbonyl (C=O) groups excluding carboxylic acids is 1. The fourth-order valence-corrected chi connectivity index (χ4v) is 3.29. The molecule has 0 saturated carbocycles. The van der Waals surface area contributed by atoms with Gasteiger partial charge in [0.2, 0.25) is 5.91 Å². The molecular weight excluding hydrogens is 286 g/mol. The molecule has 116 valence electrons. The molecule has 2 aromatic heterocycles. The van der Waals surface area contributed by atoms with Crippen LogP contribution in [-0.4, -0.2) is 27.3 Å². The van der Waals surface area contributed by atoms with Crippen LogP contribution in [0.3, 0.4) is 0 Å². The largest absolute Gasteiger partial charge is 0.346 e. The molecule has 1 aliphatic rings. The van der Waals surface area contributed by atoms with Gasteiger partial charge >= 0.3 is 0 Å². The minimum atomic E-state index is 0.150. The minimum Gasteiger partial charge on any atom is -0.346 e. The molecule has 0 spiro atoms. The second-order valence-electron chi connectivity index (χ2n) is 6.27. The smallest absolute Gasteiger partial charge is 0.219 e. The molecule has 0 unspecified atom stereocenters. The van der Waals surface area contributed by atoms with Crippen molar-refractivity contribution in [1.82, 2.24) is 14.9 Å².